The van der Waals surface area contributed by atoms with E-state index < -0.39 is 0 Å². The molecule has 0 radical (unpaired) electrons. The molecule has 2 aromatic heterocycles. The minimum Gasteiger partial charge on any atom is -0.491 e. The maximum Gasteiger partial charge on any atom is 0.257 e. The van der Waals surface area contributed by atoms with Crippen LogP contribution in [0.25, 0.3) is 11.4 Å². The number of nitrogens with one attached hydrogen (secondary N) is 2. The van der Waals surface area contributed by atoms with Crippen molar-refractivity contribution in [2.75, 3.05) is 18.4 Å². The standard InChI is InChI=1S/C23H25N5O3/c1-15(2)31-18-12-16(11-17(13-18)23(30)28-9-5-6-10-28)22(29)25-21-14-20(26-27-21)19-7-3-4-8-24-19/h3-4,7-8,11-15H,5-6,9-10H2,1-2H3,(H2,25,26,27,29). The Morgan fingerprint density at radius 3 is 2.58 bits per heavy atom. The number of carbonyl (C=O) groups is 2. The molecule has 160 valence electrons. The molecule has 3 aromatic rings. The Morgan fingerprint density at radius 2 is 1.87 bits per heavy atom. The van der Waals surface area contributed by atoms with Gasteiger partial charge in [0.25, 0.3) is 11.8 Å². The van der Waals surface area contributed by atoms with Gasteiger partial charge < -0.3 is 15.0 Å². The summed E-state index contributed by atoms with van der Waals surface area (Å²) in [7, 11) is 0. The number of rotatable bonds is 6. The first-order chi connectivity index (χ1) is 15.0. The highest BCUT2D eigenvalue weighted by atomic mass is 16.5. The fourth-order valence-corrected chi connectivity index (χ4v) is 3.52. The highest BCUT2D eigenvalue weighted by Gasteiger charge is 2.22. The van der Waals surface area contributed by atoms with Gasteiger partial charge in [0.1, 0.15) is 5.75 Å². The van der Waals surface area contributed by atoms with Crippen LogP contribution in [0.3, 0.4) is 0 Å². The number of pyridine rings is 1. The molecule has 0 saturated carbocycles. The van der Waals surface area contributed by atoms with E-state index in [1.165, 1.54) is 0 Å². The summed E-state index contributed by atoms with van der Waals surface area (Å²) in [5, 5.41) is 9.79. The normalized spacial score (nSPS) is 13.5. The number of aromatic amines is 1. The summed E-state index contributed by atoms with van der Waals surface area (Å²) in [5.41, 5.74) is 2.20. The third kappa shape index (κ3) is 4.91. The number of benzene rings is 1. The molecule has 0 unspecified atom stereocenters. The Balaban J connectivity index is 1.57. The van der Waals surface area contributed by atoms with Gasteiger partial charge in [-0.2, -0.15) is 5.10 Å². The molecule has 1 saturated heterocycles. The van der Waals surface area contributed by atoms with E-state index in [4.69, 9.17) is 4.74 Å². The van der Waals surface area contributed by atoms with Crippen molar-refractivity contribution in [3.8, 4) is 17.1 Å². The van der Waals surface area contributed by atoms with Gasteiger partial charge in [0.2, 0.25) is 0 Å². The van der Waals surface area contributed by atoms with Gasteiger partial charge >= 0.3 is 0 Å². The van der Waals surface area contributed by atoms with Crippen molar-refractivity contribution >= 4 is 17.6 Å². The second-order valence-electron chi connectivity index (χ2n) is 7.75. The number of hydrogen-bond acceptors (Lipinski definition) is 5. The summed E-state index contributed by atoms with van der Waals surface area (Å²) in [5.74, 6) is 0.399. The highest BCUT2D eigenvalue weighted by Crippen LogP contribution is 2.23. The van der Waals surface area contributed by atoms with Crippen LogP contribution in [0.15, 0.2) is 48.7 Å². The third-order valence-electron chi connectivity index (χ3n) is 4.94. The molecule has 8 heteroatoms. The molecule has 2 amide bonds. The summed E-state index contributed by atoms with van der Waals surface area (Å²) in [4.78, 5) is 31.9. The maximum absolute atomic E-state index is 12.9. The number of amides is 2. The van der Waals surface area contributed by atoms with Gasteiger partial charge in [-0.15, -0.1) is 0 Å². The Bertz CT molecular complexity index is 1070. The van der Waals surface area contributed by atoms with Crippen molar-refractivity contribution in [1.82, 2.24) is 20.1 Å². The lowest BCUT2D eigenvalue weighted by atomic mass is 10.1. The number of ether oxygens (including phenoxy) is 1. The SMILES string of the molecule is CC(C)Oc1cc(C(=O)Nc2cc(-c3ccccn3)[nH]n2)cc(C(=O)N2CCCC2)c1. The van der Waals surface area contributed by atoms with Crippen LogP contribution in [0.2, 0.25) is 0 Å². The number of aromatic nitrogens is 3. The fourth-order valence-electron chi connectivity index (χ4n) is 3.52. The van der Waals surface area contributed by atoms with Crippen LogP contribution >= 0.6 is 0 Å². The van der Waals surface area contributed by atoms with Gasteiger partial charge in [0.15, 0.2) is 5.82 Å². The van der Waals surface area contributed by atoms with Crippen molar-refractivity contribution in [1.29, 1.82) is 0 Å². The Kier molecular flexibility index (Phi) is 5.97. The predicted molar refractivity (Wildman–Crippen MR) is 117 cm³/mol. The monoisotopic (exact) mass is 419 g/mol. The average molecular weight is 419 g/mol. The van der Waals surface area contributed by atoms with Gasteiger partial charge in [0.05, 0.1) is 17.5 Å². The van der Waals surface area contributed by atoms with E-state index in [0.29, 0.717) is 28.4 Å². The van der Waals surface area contributed by atoms with Crippen molar-refractivity contribution < 1.29 is 14.3 Å². The first-order valence-electron chi connectivity index (χ1n) is 10.4. The van der Waals surface area contributed by atoms with Gasteiger partial charge in [-0.1, -0.05) is 6.07 Å². The number of H-pyrrole nitrogens is 1. The largest absolute Gasteiger partial charge is 0.491 e. The molecule has 2 N–H and O–H groups in total. The summed E-state index contributed by atoms with van der Waals surface area (Å²) >= 11 is 0. The smallest absolute Gasteiger partial charge is 0.257 e. The van der Waals surface area contributed by atoms with Crippen LogP contribution in [0.4, 0.5) is 5.82 Å². The molecule has 1 fully saturated rings. The molecule has 0 spiro atoms. The molecule has 1 aromatic carbocycles. The Labute approximate surface area is 180 Å². The van der Waals surface area contributed by atoms with Crippen LogP contribution < -0.4 is 10.1 Å². The van der Waals surface area contributed by atoms with E-state index in [9.17, 15) is 9.59 Å². The topological polar surface area (TPSA) is 100 Å². The number of nitrogens with zero attached hydrogens (tertiary/aromatic N) is 3. The zero-order valence-corrected chi connectivity index (χ0v) is 17.6. The Morgan fingerprint density at radius 1 is 1.10 bits per heavy atom. The average Bonchev–Trinajstić information content (AvgIpc) is 3.45. The molecule has 31 heavy (non-hydrogen) atoms. The number of anilines is 1. The van der Waals surface area contributed by atoms with Crippen LogP contribution in [0.1, 0.15) is 47.4 Å². The minimum absolute atomic E-state index is 0.0830. The van der Waals surface area contributed by atoms with Crippen LogP contribution in [0, 0.1) is 0 Å². The Hall–Kier alpha value is -3.68. The molecule has 4 rings (SSSR count). The lowest BCUT2D eigenvalue weighted by Crippen LogP contribution is -2.28. The summed E-state index contributed by atoms with van der Waals surface area (Å²) in [6, 6.07) is 12.2. The number of likely N-dealkylation sites (tertiary alicyclic amines) is 1. The first kappa shape index (κ1) is 20.6. The van der Waals surface area contributed by atoms with E-state index in [1.807, 2.05) is 36.9 Å². The van der Waals surface area contributed by atoms with Gasteiger partial charge in [-0.05, 0) is 57.0 Å². The van der Waals surface area contributed by atoms with Gasteiger partial charge in [0, 0.05) is 36.5 Å². The van der Waals surface area contributed by atoms with Crippen molar-refractivity contribution in [2.45, 2.75) is 32.8 Å². The van der Waals surface area contributed by atoms with E-state index in [1.54, 1.807) is 30.5 Å². The van der Waals surface area contributed by atoms with Crippen molar-refractivity contribution in [3.05, 3.63) is 59.8 Å². The molecule has 1 aliphatic heterocycles. The molecular weight excluding hydrogens is 394 g/mol. The first-order valence-corrected chi connectivity index (χ1v) is 10.4. The fraction of sp³-hybridized carbons (Fsp3) is 0.304. The predicted octanol–water partition coefficient (Wildman–Crippen LogP) is 3.75. The lowest BCUT2D eigenvalue weighted by Gasteiger charge is -2.17. The van der Waals surface area contributed by atoms with Crippen molar-refractivity contribution in [2.24, 2.45) is 0 Å². The third-order valence-corrected chi connectivity index (χ3v) is 4.94. The lowest BCUT2D eigenvalue weighted by molar-refractivity contribution is 0.0792. The summed E-state index contributed by atoms with van der Waals surface area (Å²) in [6.07, 6.45) is 3.60. The van der Waals surface area contributed by atoms with E-state index >= 15 is 0 Å². The van der Waals surface area contributed by atoms with Crippen LogP contribution in [0.5, 0.6) is 5.75 Å². The van der Waals surface area contributed by atoms with Crippen LogP contribution in [-0.4, -0.2) is 51.1 Å². The summed E-state index contributed by atoms with van der Waals surface area (Å²) < 4.78 is 5.79. The van der Waals surface area contributed by atoms with Gasteiger partial charge in [-0.25, -0.2) is 0 Å². The maximum atomic E-state index is 12.9. The van der Waals surface area contributed by atoms with Crippen LogP contribution in [-0.2, 0) is 0 Å². The highest BCUT2D eigenvalue weighted by molar-refractivity contribution is 6.06. The molecule has 0 bridgehead atoms. The molecule has 0 aliphatic carbocycles. The second-order valence-corrected chi connectivity index (χ2v) is 7.75. The number of carbonyl (C=O) groups excluding carboxylic acids is 2. The second kappa shape index (κ2) is 8.99. The molecule has 8 nitrogen and oxygen atoms in total. The van der Waals surface area contributed by atoms with Gasteiger partial charge in [-0.3, -0.25) is 19.7 Å². The molecular formula is C23H25N5O3. The van der Waals surface area contributed by atoms with E-state index in [2.05, 4.69) is 20.5 Å². The zero-order valence-electron chi connectivity index (χ0n) is 17.6. The zero-order chi connectivity index (χ0) is 21.8. The van der Waals surface area contributed by atoms with E-state index in [0.717, 1.165) is 31.6 Å². The quantitative estimate of drug-likeness (QED) is 0.634. The van der Waals surface area contributed by atoms with E-state index in [-0.39, 0.29) is 17.9 Å². The number of hydrogen-bond donors (Lipinski definition) is 2. The molecule has 0 atom stereocenters. The molecule has 1 aliphatic rings. The molecule has 3 heterocycles. The summed E-state index contributed by atoms with van der Waals surface area (Å²) in [6.45, 7) is 5.27. The minimum atomic E-state index is -0.372. The van der Waals surface area contributed by atoms with Crippen molar-refractivity contribution in [3.63, 3.8) is 0 Å².